The molecule has 0 saturated heterocycles. The Labute approximate surface area is 425 Å². The monoisotopic (exact) mass is 956 g/mol. The third-order valence-electron chi connectivity index (χ3n) is 13.9. The molecule has 0 amide bonds. The number of hydrogen-bond acceptors (Lipinski definition) is 5. The lowest BCUT2D eigenvalue weighted by atomic mass is 10.1. The molecule has 4 nitrogen and oxygen atoms in total. The molecule has 0 N–H and O–H groups in total. The summed E-state index contributed by atoms with van der Waals surface area (Å²) in [6, 6.07) is 97.0. The molecule has 0 unspecified atom stereocenters. The predicted octanol–water partition coefficient (Wildman–Crippen LogP) is 19.9. The van der Waals surface area contributed by atoms with Gasteiger partial charge in [-0.3, -0.25) is 0 Å². The van der Waals surface area contributed by atoms with E-state index in [0.29, 0.717) is 0 Å². The van der Waals surface area contributed by atoms with Gasteiger partial charge in [-0.1, -0.05) is 133 Å². The Kier molecular flexibility index (Phi) is 10.2. The molecule has 3 heterocycles. The zero-order chi connectivity index (χ0) is 47.5. The van der Waals surface area contributed by atoms with E-state index in [4.69, 9.17) is 0 Å². The highest BCUT2D eigenvalue weighted by Gasteiger charge is 2.23. The number of anilines is 9. The maximum atomic E-state index is 2.51. The van der Waals surface area contributed by atoms with Crippen molar-refractivity contribution in [3.63, 3.8) is 0 Å². The van der Waals surface area contributed by atoms with Crippen LogP contribution in [0.25, 0.3) is 67.8 Å². The minimum Gasteiger partial charge on any atom is -0.310 e. The van der Waals surface area contributed by atoms with Crippen LogP contribution in [0.1, 0.15) is 0 Å². The summed E-state index contributed by atoms with van der Waals surface area (Å²) in [5, 5.41) is 7.44. The van der Waals surface area contributed by atoms with Gasteiger partial charge in [0.2, 0.25) is 0 Å². The molecule has 0 radical (unpaired) electrons. The van der Waals surface area contributed by atoms with E-state index in [1.807, 2.05) is 22.7 Å². The number of nitrogens with zero attached hydrogens (tertiary/aromatic N) is 4. The van der Waals surface area contributed by atoms with Crippen LogP contribution in [0.5, 0.6) is 0 Å². The van der Waals surface area contributed by atoms with Crippen molar-refractivity contribution in [2.45, 2.75) is 0 Å². The highest BCUT2D eigenvalue weighted by atomic mass is 32.1. The number of hydrogen-bond donors (Lipinski definition) is 0. The lowest BCUT2D eigenvalue weighted by Gasteiger charge is -2.26. The molecule has 0 fully saturated rings. The van der Waals surface area contributed by atoms with E-state index in [-0.39, 0.29) is 0 Å². The average molecular weight is 957 g/mol. The topological polar surface area (TPSA) is 14.7 Å². The van der Waals surface area contributed by atoms with Crippen LogP contribution in [0.15, 0.2) is 267 Å². The number of para-hydroxylation sites is 5. The SMILES string of the molecule is c1ccc(N(c2ccccc2)c2ccc3c(c2)sc2ccc(N(c4ccccc4)c4ccc5c6cc(N(c7ccccc7)c7ccccc7)ccc6n(-c6cccc7c6sc6ccccc67)c5c4)cc23)cc1. The van der Waals surface area contributed by atoms with Crippen molar-refractivity contribution >= 4 is 136 Å². The predicted molar refractivity (Wildman–Crippen MR) is 311 cm³/mol. The summed E-state index contributed by atoms with van der Waals surface area (Å²) in [6.07, 6.45) is 0. The average Bonchev–Trinajstić information content (AvgIpc) is 4.12. The minimum atomic E-state index is 1.08. The summed E-state index contributed by atoms with van der Waals surface area (Å²) in [6.45, 7) is 0. The lowest BCUT2D eigenvalue weighted by molar-refractivity contribution is 1.19. The molecule has 340 valence electrons. The van der Waals surface area contributed by atoms with Crippen LogP contribution in [-0.4, -0.2) is 4.57 Å². The summed E-state index contributed by atoms with van der Waals surface area (Å²) in [4.78, 5) is 7.12. The number of fused-ring (bicyclic) bond motifs is 9. The first-order chi connectivity index (χ1) is 35.7. The Morgan fingerprint density at radius 2 is 0.667 bits per heavy atom. The normalized spacial score (nSPS) is 11.6. The van der Waals surface area contributed by atoms with Crippen molar-refractivity contribution in [2.24, 2.45) is 0 Å². The highest BCUT2D eigenvalue weighted by Crippen LogP contribution is 2.47. The molecular weight excluding hydrogens is 913 g/mol. The van der Waals surface area contributed by atoms with Gasteiger partial charge < -0.3 is 19.3 Å². The highest BCUT2D eigenvalue weighted by molar-refractivity contribution is 7.26. The first-order valence-electron chi connectivity index (χ1n) is 24.3. The van der Waals surface area contributed by atoms with E-state index in [2.05, 4.69) is 286 Å². The summed E-state index contributed by atoms with van der Waals surface area (Å²) >= 11 is 3.72. The van der Waals surface area contributed by atoms with Crippen molar-refractivity contribution in [1.29, 1.82) is 0 Å². The zero-order valence-electron chi connectivity index (χ0n) is 39.0. The molecule has 0 atom stereocenters. The van der Waals surface area contributed by atoms with Gasteiger partial charge in [0, 0.05) is 97.6 Å². The van der Waals surface area contributed by atoms with E-state index < -0.39 is 0 Å². The largest absolute Gasteiger partial charge is 0.310 e. The number of rotatable bonds is 10. The Morgan fingerprint density at radius 3 is 1.26 bits per heavy atom. The second-order valence-electron chi connectivity index (χ2n) is 18.1. The second kappa shape index (κ2) is 17.5. The molecule has 72 heavy (non-hydrogen) atoms. The second-order valence-corrected chi connectivity index (χ2v) is 20.3. The molecular formula is C66H44N4S2. The van der Waals surface area contributed by atoms with E-state index in [1.54, 1.807) is 0 Å². The molecule has 14 rings (SSSR count). The molecule has 6 heteroatoms. The lowest BCUT2D eigenvalue weighted by Crippen LogP contribution is -2.10. The van der Waals surface area contributed by atoms with Crippen LogP contribution in [0.4, 0.5) is 51.2 Å². The van der Waals surface area contributed by atoms with Gasteiger partial charge in [0.1, 0.15) is 0 Å². The molecule has 0 saturated carbocycles. The van der Waals surface area contributed by atoms with Gasteiger partial charge in [0.15, 0.2) is 0 Å². The molecule has 0 aliphatic rings. The van der Waals surface area contributed by atoms with E-state index in [1.165, 1.54) is 56.8 Å². The number of benzene rings is 11. The number of thiophene rings is 2. The molecule has 0 aliphatic heterocycles. The van der Waals surface area contributed by atoms with E-state index >= 15 is 0 Å². The smallest absolute Gasteiger partial charge is 0.0640 e. The number of aromatic nitrogens is 1. The molecule has 0 bridgehead atoms. The van der Waals surface area contributed by atoms with Crippen molar-refractivity contribution in [3.8, 4) is 5.69 Å². The molecule has 14 aromatic rings. The van der Waals surface area contributed by atoms with Crippen LogP contribution in [-0.2, 0) is 0 Å². The van der Waals surface area contributed by atoms with Crippen molar-refractivity contribution in [2.75, 3.05) is 14.7 Å². The van der Waals surface area contributed by atoms with Crippen LogP contribution >= 0.6 is 22.7 Å². The van der Waals surface area contributed by atoms with Gasteiger partial charge in [-0.2, -0.15) is 0 Å². The summed E-state index contributed by atoms with van der Waals surface area (Å²) < 4.78 is 7.58. The maximum Gasteiger partial charge on any atom is 0.0640 e. The summed E-state index contributed by atoms with van der Waals surface area (Å²) in [7, 11) is 0. The molecule has 0 spiro atoms. The maximum absolute atomic E-state index is 2.51. The summed E-state index contributed by atoms with van der Waals surface area (Å²) in [5.74, 6) is 0. The fourth-order valence-corrected chi connectivity index (χ4v) is 13.0. The first kappa shape index (κ1) is 42.0. The van der Waals surface area contributed by atoms with Crippen molar-refractivity contribution in [3.05, 3.63) is 267 Å². The van der Waals surface area contributed by atoms with Gasteiger partial charge >= 0.3 is 0 Å². The van der Waals surface area contributed by atoms with Crippen LogP contribution in [0, 0.1) is 0 Å². The summed E-state index contributed by atoms with van der Waals surface area (Å²) in [5.41, 5.74) is 13.5. The van der Waals surface area contributed by atoms with Crippen LogP contribution in [0.3, 0.4) is 0 Å². The van der Waals surface area contributed by atoms with Gasteiger partial charge in [-0.05, 0) is 133 Å². The fourth-order valence-electron chi connectivity index (χ4n) is 10.7. The quantitative estimate of drug-likeness (QED) is 0.136. The van der Waals surface area contributed by atoms with Gasteiger partial charge in [-0.25, -0.2) is 0 Å². The van der Waals surface area contributed by atoms with E-state index in [0.717, 1.165) is 62.2 Å². The first-order valence-corrected chi connectivity index (χ1v) is 26.0. The minimum absolute atomic E-state index is 1.08. The van der Waals surface area contributed by atoms with Gasteiger partial charge in [-0.15, -0.1) is 22.7 Å². The fraction of sp³-hybridized carbons (Fsp3) is 0. The zero-order valence-corrected chi connectivity index (χ0v) is 40.6. The third kappa shape index (κ3) is 7.11. The Bertz CT molecular complexity index is 4200. The Morgan fingerprint density at radius 1 is 0.236 bits per heavy atom. The van der Waals surface area contributed by atoms with Gasteiger partial charge in [0.05, 0.1) is 21.4 Å². The molecule has 0 aliphatic carbocycles. The van der Waals surface area contributed by atoms with Gasteiger partial charge in [0.25, 0.3) is 0 Å². The molecule has 11 aromatic carbocycles. The Hall–Kier alpha value is -8.94. The van der Waals surface area contributed by atoms with E-state index in [9.17, 15) is 0 Å². The van der Waals surface area contributed by atoms with Crippen LogP contribution < -0.4 is 14.7 Å². The third-order valence-corrected chi connectivity index (χ3v) is 16.2. The standard InChI is InChI=1S/C66H44N4S2/c1-6-19-45(20-7-1)67(46-21-8-2-9-22-46)50-35-39-60-58(41-50)54-37-33-52(43-62(54)70(60)61-31-18-30-57-55-29-16-17-32-63(55)72-66(57)61)69(49-27-14-5-15-28-49)51-36-40-64-59(42-51)56-38-34-53(44-65(56)71-64)68(47-23-10-3-11-24-47)48-25-12-4-13-26-48/h1-44H. The molecule has 3 aromatic heterocycles. The van der Waals surface area contributed by atoms with Crippen LogP contribution in [0.2, 0.25) is 0 Å². The van der Waals surface area contributed by atoms with Crippen molar-refractivity contribution in [1.82, 2.24) is 4.57 Å². The Balaban J connectivity index is 0.960. The van der Waals surface area contributed by atoms with Crippen molar-refractivity contribution < 1.29 is 0 Å².